The molecule has 0 aliphatic carbocycles. The summed E-state index contributed by atoms with van der Waals surface area (Å²) in [4.78, 5) is 20.0. The van der Waals surface area contributed by atoms with E-state index in [1.165, 1.54) is 11.0 Å². The standard InChI is InChI=1S/C34H36FN3O4/c1-34(2,3)30-21-37(18-19-38(30)33(39)40)26-14-15-27(29(35)20-26)28-16-17-31(41-22-24-10-6-4-7-11-24)36-32(28)42-23-25-12-8-5-9-13-25/h4-17,20,30H,18-19,21-23H2,1-3H3,(H,39,40). The summed E-state index contributed by atoms with van der Waals surface area (Å²) in [6.45, 7) is 8.01. The molecule has 1 saturated heterocycles. The predicted octanol–water partition coefficient (Wildman–Crippen LogP) is 7.26. The fourth-order valence-corrected chi connectivity index (χ4v) is 5.18. The van der Waals surface area contributed by atoms with Crippen LogP contribution in [0.15, 0.2) is 91.0 Å². The van der Waals surface area contributed by atoms with Crippen LogP contribution in [-0.4, -0.2) is 46.8 Å². The molecule has 0 bridgehead atoms. The molecule has 42 heavy (non-hydrogen) atoms. The van der Waals surface area contributed by atoms with Gasteiger partial charge in [0.25, 0.3) is 0 Å². The Morgan fingerprint density at radius 2 is 1.50 bits per heavy atom. The van der Waals surface area contributed by atoms with Crippen molar-refractivity contribution in [3.8, 4) is 22.9 Å². The summed E-state index contributed by atoms with van der Waals surface area (Å²) in [6.07, 6.45) is -0.928. The summed E-state index contributed by atoms with van der Waals surface area (Å²) in [5.41, 5.74) is 3.29. The molecule has 1 unspecified atom stereocenters. The average molecular weight is 570 g/mol. The van der Waals surface area contributed by atoms with Crippen molar-refractivity contribution in [1.29, 1.82) is 0 Å². The second-order valence-corrected chi connectivity index (χ2v) is 11.5. The summed E-state index contributed by atoms with van der Waals surface area (Å²) in [5.74, 6) is 0.246. The molecule has 5 rings (SSSR count). The molecule has 1 amide bonds. The first-order chi connectivity index (χ1) is 20.2. The van der Waals surface area contributed by atoms with Gasteiger partial charge in [-0.3, -0.25) is 0 Å². The molecule has 2 heterocycles. The van der Waals surface area contributed by atoms with Gasteiger partial charge in [0.15, 0.2) is 0 Å². The minimum absolute atomic E-state index is 0.225. The second-order valence-electron chi connectivity index (χ2n) is 11.5. The summed E-state index contributed by atoms with van der Waals surface area (Å²) in [7, 11) is 0. The first-order valence-corrected chi connectivity index (χ1v) is 14.1. The zero-order valence-corrected chi connectivity index (χ0v) is 24.2. The predicted molar refractivity (Wildman–Crippen MR) is 161 cm³/mol. The van der Waals surface area contributed by atoms with Crippen LogP contribution in [0.2, 0.25) is 0 Å². The molecule has 0 spiro atoms. The Hall–Kier alpha value is -4.59. The van der Waals surface area contributed by atoms with Crippen molar-refractivity contribution < 1.29 is 23.8 Å². The molecule has 3 aromatic carbocycles. The highest BCUT2D eigenvalue weighted by Crippen LogP contribution is 2.36. The molecule has 4 aromatic rings. The third kappa shape index (κ3) is 6.82. The van der Waals surface area contributed by atoms with Gasteiger partial charge in [-0.25, -0.2) is 9.18 Å². The Morgan fingerprint density at radius 1 is 0.881 bits per heavy atom. The van der Waals surface area contributed by atoms with Crippen molar-refractivity contribution in [2.45, 2.75) is 40.0 Å². The van der Waals surface area contributed by atoms with E-state index < -0.39 is 11.9 Å². The van der Waals surface area contributed by atoms with Crippen LogP contribution in [0.1, 0.15) is 31.9 Å². The van der Waals surface area contributed by atoms with Crippen molar-refractivity contribution >= 4 is 11.8 Å². The number of ether oxygens (including phenoxy) is 2. The van der Waals surface area contributed by atoms with Gasteiger partial charge in [0.05, 0.1) is 6.04 Å². The molecule has 0 radical (unpaired) electrons. The summed E-state index contributed by atoms with van der Waals surface area (Å²) >= 11 is 0. The van der Waals surface area contributed by atoms with Crippen LogP contribution >= 0.6 is 0 Å². The van der Waals surface area contributed by atoms with Gasteiger partial charge in [-0.2, -0.15) is 4.98 Å². The molecular formula is C34H36FN3O4. The summed E-state index contributed by atoms with van der Waals surface area (Å²) in [5, 5.41) is 9.71. The number of amides is 1. The highest BCUT2D eigenvalue weighted by atomic mass is 19.1. The van der Waals surface area contributed by atoms with Gasteiger partial charge in [0.2, 0.25) is 11.8 Å². The van der Waals surface area contributed by atoms with Crippen LogP contribution < -0.4 is 14.4 Å². The molecule has 1 fully saturated rings. The Morgan fingerprint density at radius 3 is 2.10 bits per heavy atom. The zero-order chi connectivity index (χ0) is 29.7. The molecule has 1 aliphatic rings. The van der Waals surface area contributed by atoms with Crippen LogP contribution in [0.4, 0.5) is 14.9 Å². The van der Waals surface area contributed by atoms with E-state index in [2.05, 4.69) is 4.98 Å². The maximum Gasteiger partial charge on any atom is 0.407 e. The number of rotatable bonds is 8. The van der Waals surface area contributed by atoms with Crippen LogP contribution in [-0.2, 0) is 13.2 Å². The third-order valence-electron chi connectivity index (χ3n) is 7.52. The first-order valence-electron chi connectivity index (χ1n) is 14.1. The summed E-state index contributed by atoms with van der Waals surface area (Å²) < 4.78 is 27.9. The lowest BCUT2D eigenvalue weighted by molar-refractivity contribution is 0.0748. The maximum atomic E-state index is 15.8. The van der Waals surface area contributed by atoms with Crippen LogP contribution in [0.3, 0.4) is 0 Å². The number of piperazine rings is 1. The van der Waals surface area contributed by atoms with Gasteiger partial charge in [0, 0.05) is 42.5 Å². The van der Waals surface area contributed by atoms with Gasteiger partial charge in [-0.1, -0.05) is 81.4 Å². The van der Waals surface area contributed by atoms with Crippen molar-refractivity contribution in [1.82, 2.24) is 9.88 Å². The van der Waals surface area contributed by atoms with Crippen LogP contribution in [0.25, 0.3) is 11.1 Å². The number of halogens is 1. The lowest BCUT2D eigenvalue weighted by Gasteiger charge is -2.46. The first kappa shape index (κ1) is 28.9. The fraction of sp³-hybridized carbons (Fsp3) is 0.294. The number of carboxylic acid groups (broad SMARTS) is 1. The van der Waals surface area contributed by atoms with Crippen molar-refractivity contribution in [3.63, 3.8) is 0 Å². The number of nitrogens with zero attached hydrogens (tertiary/aromatic N) is 3. The molecule has 8 heteroatoms. The van der Waals surface area contributed by atoms with Gasteiger partial charge < -0.3 is 24.4 Å². The zero-order valence-electron chi connectivity index (χ0n) is 24.2. The van der Waals surface area contributed by atoms with Gasteiger partial charge in [-0.15, -0.1) is 0 Å². The molecule has 0 saturated carbocycles. The number of benzene rings is 3. The minimum Gasteiger partial charge on any atom is -0.473 e. The van der Waals surface area contributed by atoms with E-state index in [0.29, 0.717) is 48.9 Å². The molecule has 7 nitrogen and oxygen atoms in total. The van der Waals surface area contributed by atoms with Crippen molar-refractivity contribution in [2.24, 2.45) is 5.41 Å². The number of pyridine rings is 1. The smallest absolute Gasteiger partial charge is 0.407 e. The van der Waals surface area contributed by atoms with E-state index >= 15 is 4.39 Å². The molecule has 218 valence electrons. The van der Waals surface area contributed by atoms with Gasteiger partial charge in [0.1, 0.15) is 19.0 Å². The Labute approximate surface area is 246 Å². The Kier molecular flexibility index (Phi) is 8.61. The van der Waals surface area contributed by atoms with E-state index in [4.69, 9.17) is 9.47 Å². The van der Waals surface area contributed by atoms with Crippen molar-refractivity contribution in [2.75, 3.05) is 24.5 Å². The summed E-state index contributed by atoms with van der Waals surface area (Å²) in [6, 6.07) is 27.9. The van der Waals surface area contributed by atoms with E-state index in [1.54, 1.807) is 18.2 Å². The Balaban J connectivity index is 1.40. The van der Waals surface area contributed by atoms with E-state index in [9.17, 15) is 9.90 Å². The van der Waals surface area contributed by atoms with E-state index in [0.717, 1.165) is 11.1 Å². The van der Waals surface area contributed by atoms with E-state index in [-0.39, 0.29) is 23.9 Å². The number of carbonyl (C=O) groups is 1. The van der Waals surface area contributed by atoms with Gasteiger partial charge >= 0.3 is 6.09 Å². The normalized spacial score (nSPS) is 15.4. The molecule has 1 aromatic heterocycles. The monoisotopic (exact) mass is 569 g/mol. The Bertz CT molecular complexity index is 1510. The molecular weight excluding hydrogens is 533 g/mol. The number of aromatic nitrogens is 1. The third-order valence-corrected chi connectivity index (χ3v) is 7.52. The average Bonchev–Trinajstić information content (AvgIpc) is 2.99. The SMILES string of the molecule is CC(C)(C)C1CN(c2ccc(-c3ccc(OCc4ccccc4)nc3OCc3ccccc3)c(F)c2)CCN1C(=O)O. The van der Waals surface area contributed by atoms with Crippen LogP contribution in [0.5, 0.6) is 11.8 Å². The van der Waals surface area contributed by atoms with Gasteiger partial charge in [-0.05, 0) is 40.8 Å². The second kappa shape index (κ2) is 12.5. The lowest BCUT2D eigenvalue weighted by atomic mass is 9.84. The lowest BCUT2D eigenvalue weighted by Crippen LogP contribution is -2.59. The largest absolute Gasteiger partial charge is 0.473 e. The maximum absolute atomic E-state index is 15.8. The van der Waals surface area contributed by atoms with Crippen molar-refractivity contribution in [3.05, 3.63) is 108 Å². The number of hydrogen-bond donors (Lipinski definition) is 1. The fourth-order valence-electron chi connectivity index (χ4n) is 5.18. The van der Waals surface area contributed by atoms with E-state index in [1.807, 2.05) is 92.4 Å². The number of anilines is 1. The molecule has 1 aliphatic heterocycles. The van der Waals surface area contributed by atoms with Crippen LogP contribution in [0, 0.1) is 11.2 Å². The highest BCUT2D eigenvalue weighted by molar-refractivity contribution is 5.72. The highest BCUT2D eigenvalue weighted by Gasteiger charge is 2.38. The topological polar surface area (TPSA) is 75.1 Å². The minimum atomic E-state index is -0.928. The molecule has 1 atom stereocenters. The quantitative estimate of drug-likeness (QED) is 0.241. The molecule has 1 N–H and O–H groups in total. The number of hydrogen-bond acceptors (Lipinski definition) is 5.